The van der Waals surface area contributed by atoms with E-state index in [9.17, 15) is 0 Å². The molecule has 15 heavy (non-hydrogen) atoms. The van der Waals surface area contributed by atoms with Crippen molar-refractivity contribution in [2.45, 2.75) is 40.2 Å². The molecular formula is C13H22N2. The van der Waals surface area contributed by atoms with Crippen LogP contribution in [0.1, 0.15) is 44.4 Å². The van der Waals surface area contributed by atoms with Gasteiger partial charge in [0.25, 0.3) is 0 Å². The minimum atomic E-state index is 0.253. The average molecular weight is 206 g/mol. The fraction of sp³-hybridized carbons (Fsp3) is 0.615. The van der Waals surface area contributed by atoms with E-state index in [1.165, 1.54) is 11.1 Å². The van der Waals surface area contributed by atoms with Crippen molar-refractivity contribution in [3.05, 3.63) is 29.6 Å². The third kappa shape index (κ3) is 2.57. The van der Waals surface area contributed by atoms with Crippen molar-refractivity contribution in [3.8, 4) is 0 Å². The summed E-state index contributed by atoms with van der Waals surface area (Å²) in [7, 11) is 2.02. The monoisotopic (exact) mass is 206 g/mol. The van der Waals surface area contributed by atoms with Gasteiger partial charge in [0.15, 0.2) is 0 Å². The molecule has 1 rings (SSSR count). The summed E-state index contributed by atoms with van der Waals surface area (Å²) in [5.74, 6) is 0. The van der Waals surface area contributed by atoms with Gasteiger partial charge < -0.3 is 5.32 Å². The van der Waals surface area contributed by atoms with Crippen molar-refractivity contribution in [1.29, 1.82) is 0 Å². The number of nitrogens with one attached hydrogen (secondary N) is 1. The van der Waals surface area contributed by atoms with Crippen molar-refractivity contribution in [1.82, 2.24) is 10.3 Å². The largest absolute Gasteiger partial charge is 0.312 e. The van der Waals surface area contributed by atoms with E-state index in [2.05, 4.69) is 44.1 Å². The molecule has 2 nitrogen and oxygen atoms in total. The fourth-order valence-corrected chi connectivity index (χ4v) is 1.95. The first-order valence-electron chi connectivity index (χ1n) is 5.60. The number of hydrogen-bond donors (Lipinski definition) is 1. The molecule has 1 N–H and O–H groups in total. The molecule has 1 unspecified atom stereocenters. The second-order valence-corrected chi connectivity index (χ2v) is 4.80. The zero-order valence-electron chi connectivity index (χ0n) is 10.5. The maximum atomic E-state index is 4.22. The fourth-order valence-electron chi connectivity index (χ4n) is 1.95. The number of aryl methyl sites for hydroxylation is 1. The summed E-state index contributed by atoms with van der Waals surface area (Å²) in [6, 6.07) is 2.45. The lowest BCUT2D eigenvalue weighted by molar-refractivity contribution is 0.244. The predicted molar refractivity (Wildman–Crippen MR) is 64.8 cm³/mol. The van der Waals surface area contributed by atoms with E-state index in [1.807, 2.05) is 19.4 Å². The molecule has 0 aliphatic carbocycles. The highest BCUT2D eigenvalue weighted by atomic mass is 14.9. The summed E-state index contributed by atoms with van der Waals surface area (Å²) in [5, 5.41) is 3.41. The lowest BCUT2D eigenvalue weighted by Crippen LogP contribution is -2.32. The van der Waals surface area contributed by atoms with Crippen molar-refractivity contribution in [3.63, 3.8) is 0 Å². The van der Waals surface area contributed by atoms with Crippen LogP contribution < -0.4 is 5.32 Å². The molecule has 0 aliphatic rings. The molecule has 0 aromatic carbocycles. The highest BCUT2D eigenvalue weighted by Gasteiger charge is 2.28. The van der Waals surface area contributed by atoms with Crippen LogP contribution in [0.5, 0.6) is 0 Å². The quantitative estimate of drug-likeness (QED) is 0.819. The molecule has 0 fully saturated rings. The molecule has 2 heteroatoms. The van der Waals surface area contributed by atoms with E-state index in [0.717, 1.165) is 6.42 Å². The number of rotatable bonds is 4. The number of nitrogens with zero attached hydrogens (tertiary/aromatic N) is 1. The number of hydrogen-bond acceptors (Lipinski definition) is 2. The maximum absolute atomic E-state index is 4.22. The SMILES string of the molecule is CCC(C)(C)C(NC)c1cnccc1C. The molecular weight excluding hydrogens is 184 g/mol. The maximum Gasteiger partial charge on any atom is 0.0387 e. The van der Waals surface area contributed by atoms with Crippen LogP contribution >= 0.6 is 0 Å². The molecule has 0 radical (unpaired) electrons. The lowest BCUT2D eigenvalue weighted by Gasteiger charge is -2.34. The van der Waals surface area contributed by atoms with E-state index >= 15 is 0 Å². The second-order valence-electron chi connectivity index (χ2n) is 4.80. The lowest BCUT2D eigenvalue weighted by atomic mass is 9.78. The van der Waals surface area contributed by atoms with Crippen molar-refractivity contribution < 1.29 is 0 Å². The Morgan fingerprint density at radius 3 is 2.60 bits per heavy atom. The van der Waals surface area contributed by atoms with Gasteiger partial charge in [0.2, 0.25) is 0 Å². The van der Waals surface area contributed by atoms with Gasteiger partial charge in [-0.15, -0.1) is 0 Å². The van der Waals surface area contributed by atoms with E-state index in [1.54, 1.807) is 0 Å². The Labute approximate surface area is 93.1 Å². The standard InChI is InChI=1S/C13H22N2/c1-6-13(3,4)12(14-5)11-9-15-8-7-10(11)2/h7-9,12,14H,6H2,1-5H3. The smallest absolute Gasteiger partial charge is 0.0387 e. The van der Waals surface area contributed by atoms with Crippen molar-refractivity contribution in [2.24, 2.45) is 5.41 Å². The Bertz CT molecular complexity index is 318. The number of pyridine rings is 1. The van der Waals surface area contributed by atoms with Gasteiger partial charge in [-0.25, -0.2) is 0 Å². The highest BCUT2D eigenvalue weighted by molar-refractivity contribution is 5.26. The summed E-state index contributed by atoms with van der Waals surface area (Å²) in [6.45, 7) is 8.96. The van der Waals surface area contributed by atoms with Gasteiger partial charge in [-0.3, -0.25) is 4.98 Å². The summed E-state index contributed by atoms with van der Waals surface area (Å²) in [6.07, 6.45) is 4.98. The van der Waals surface area contributed by atoms with Gasteiger partial charge in [-0.05, 0) is 43.0 Å². The Morgan fingerprint density at radius 1 is 1.47 bits per heavy atom. The minimum absolute atomic E-state index is 0.253. The first kappa shape index (κ1) is 12.2. The van der Waals surface area contributed by atoms with Crippen LogP contribution in [-0.2, 0) is 0 Å². The first-order chi connectivity index (χ1) is 7.03. The average Bonchev–Trinajstić information content (AvgIpc) is 2.21. The summed E-state index contributed by atoms with van der Waals surface area (Å²) >= 11 is 0. The molecule has 84 valence electrons. The van der Waals surface area contributed by atoms with E-state index in [0.29, 0.717) is 6.04 Å². The zero-order chi connectivity index (χ0) is 11.5. The molecule has 0 amide bonds. The molecule has 1 heterocycles. The van der Waals surface area contributed by atoms with Crippen LogP contribution in [-0.4, -0.2) is 12.0 Å². The Hall–Kier alpha value is -0.890. The molecule has 1 aromatic rings. The molecule has 0 aliphatic heterocycles. The molecule has 1 atom stereocenters. The Balaban J connectivity index is 3.08. The highest BCUT2D eigenvalue weighted by Crippen LogP contribution is 2.36. The van der Waals surface area contributed by atoms with Gasteiger partial charge in [0, 0.05) is 18.4 Å². The van der Waals surface area contributed by atoms with Gasteiger partial charge in [-0.1, -0.05) is 20.8 Å². The van der Waals surface area contributed by atoms with Gasteiger partial charge in [0.05, 0.1) is 0 Å². The zero-order valence-corrected chi connectivity index (χ0v) is 10.5. The van der Waals surface area contributed by atoms with Crippen LogP contribution in [0.2, 0.25) is 0 Å². The van der Waals surface area contributed by atoms with Gasteiger partial charge in [-0.2, -0.15) is 0 Å². The van der Waals surface area contributed by atoms with Crippen molar-refractivity contribution in [2.75, 3.05) is 7.05 Å². The predicted octanol–water partition coefficient (Wildman–Crippen LogP) is 3.09. The van der Waals surface area contributed by atoms with Gasteiger partial charge >= 0.3 is 0 Å². The number of aromatic nitrogens is 1. The Kier molecular flexibility index (Phi) is 3.86. The van der Waals surface area contributed by atoms with Crippen LogP contribution in [0, 0.1) is 12.3 Å². The normalized spacial score (nSPS) is 13.9. The van der Waals surface area contributed by atoms with Crippen LogP contribution in [0.4, 0.5) is 0 Å². The van der Waals surface area contributed by atoms with E-state index in [4.69, 9.17) is 0 Å². The molecule has 0 saturated carbocycles. The van der Waals surface area contributed by atoms with E-state index < -0.39 is 0 Å². The Morgan fingerprint density at radius 2 is 2.13 bits per heavy atom. The van der Waals surface area contributed by atoms with E-state index in [-0.39, 0.29) is 5.41 Å². The first-order valence-corrected chi connectivity index (χ1v) is 5.60. The van der Waals surface area contributed by atoms with Gasteiger partial charge in [0.1, 0.15) is 0 Å². The third-order valence-corrected chi connectivity index (χ3v) is 3.37. The molecule has 0 bridgehead atoms. The minimum Gasteiger partial charge on any atom is -0.312 e. The van der Waals surface area contributed by atoms with Crippen molar-refractivity contribution >= 4 is 0 Å². The topological polar surface area (TPSA) is 24.9 Å². The summed E-state index contributed by atoms with van der Waals surface area (Å²) < 4.78 is 0. The molecule has 0 saturated heterocycles. The summed E-state index contributed by atoms with van der Waals surface area (Å²) in [5.41, 5.74) is 2.88. The van der Waals surface area contributed by atoms with Crippen LogP contribution in [0.15, 0.2) is 18.5 Å². The van der Waals surface area contributed by atoms with Crippen LogP contribution in [0.25, 0.3) is 0 Å². The van der Waals surface area contributed by atoms with Crippen LogP contribution in [0.3, 0.4) is 0 Å². The second kappa shape index (κ2) is 4.75. The summed E-state index contributed by atoms with van der Waals surface area (Å²) in [4.78, 5) is 4.22. The molecule has 0 spiro atoms. The molecule has 1 aromatic heterocycles. The third-order valence-electron chi connectivity index (χ3n) is 3.37.